The van der Waals surface area contributed by atoms with Gasteiger partial charge in [0.1, 0.15) is 11.5 Å². The van der Waals surface area contributed by atoms with Gasteiger partial charge in [-0.25, -0.2) is 0 Å². The predicted molar refractivity (Wildman–Crippen MR) is 101 cm³/mol. The highest BCUT2D eigenvalue weighted by Crippen LogP contribution is 2.26. The van der Waals surface area contributed by atoms with Crippen LogP contribution in [0.25, 0.3) is 0 Å². The van der Waals surface area contributed by atoms with Gasteiger partial charge in [-0.15, -0.1) is 0 Å². The molecule has 138 valence electrons. The van der Waals surface area contributed by atoms with Crippen molar-refractivity contribution in [2.24, 2.45) is 0 Å². The highest BCUT2D eigenvalue weighted by Gasteiger charge is 2.19. The Labute approximate surface area is 153 Å². The summed E-state index contributed by atoms with van der Waals surface area (Å²) in [5, 5.41) is 5.27. The summed E-state index contributed by atoms with van der Waals surface area (Å²) in [6, 6.07) is 12.1. The van der Waals surface area contributed by atoms with Crippen LogP contribution in [0, 0.1) is 6.92 Å². The minimum absolute atomic E-state index is 0.370. The lowest BCUT2D eigenvalue weighted by molar-refractivity contribution is -0.136. The van der Waals surface area contributed by atoms with Gasteiger partial charge in [-0.2, -0.15) is 0 Å². The van der Waals surface area contributed by atoms with Gasteiger partial charge < -0.3 is 20.1 Å². The maximum absolute atomic E-state index is 12.2. The lowest BCUT2D eigenvalue weighted by Gasteiger charge is -2.18. The van der Waals surface area contributed by atoms with Crippen molar-refractivity contribution >= 4 is 17.5 Å². The first-order valence-corrected chi connectivity index (χ1v) is 8.43. The summed E-state index contributed by atoms with van der Waals surface area (Å²) in [5.41, 5.74) is 2.40. The van der Waals surface area contributed by atoms with Crippen LogP contribution in [0.1, 0.15) is 31.0 Å². The molecule has 0 aliphatic heterocycles. The SMILES string of the molecule is CCOc1ccc(C)cc1C(C)NC(=O)C(=O)Nc1ccc(OC)cc1. The van der Waals surface area contributed by atoms with Crippen LogP contribution in [0.15, 0.2) is 42.5 Å². The third-order valence-corrected chi connectivity index (χ3v) is 3.83. The molecule has 2 N–H and O–H groups in total. The fraction of sp³-hybridized carbons (Fsp3) is 0.300. The first kappa shape index (κ1) is 19.3. The fourth-order valence-electron chi connectivity index (χ4n) is 2.50. The molecule has 0 radical (unpaired) electrons. The van der Waals surface area contributed by atoms with Crippen molar-refractivity contribution in [3.05, 3.63) is 53.6 Å². The zero-order valence-corrected chi connectivity index (χ0v) is 15.5. The van der Waals surface area contributed by atoms with Gasteiger partial charge in [0.2, 0.25) is 0 Å². The van der Waals surface area contributed by atoms with Gasteiger partial charge in [-0.1, -0.05) is 17.7 Å². The van der Waals surface area contributed by atoms with Crippen molar-refractivity contribution in [3.63, 3.8) is 0 Å². The number of hydrogen-bond donors (Lipinski definition) is 2. The van der Waals surface area contributed by atoms with Crippen molar-refractivity contribution in [1.82, 2.24) is 5.32 Å². The Hall–Kier alpha value is -3.02. The van der Waals surface area contributed by atoms with Crippen molar-refractivity contribution in [1.29, 1.82) is 0 Å². The second-order valence-electron chi connectivity index (χ2n) is 5.85. The quantitative estimate of drug-likeness (QED) is 0.779. The van der Waals surface area contributed by atoms with Gasteiger partial charge in [0.05, 0.1) is 19.8 Å². The van der Waals surface area contributed by atoms with Crippen LogP contribution in [0.5, 0.6) is 11.5 Å². The number of rotatable bonds is 6. The highest BCUT2D eigenvalue weighted by molar-refractivity contribution is 6.39. The standard InChI is InChI=1S/C20H24N2O4/c1-5-26-18-11-6-13(2)12-17(18)14(3)21-19(23)20(24)22-15-7-9-16(25-4)10-8-15/h6-12,14H,5H2,1-4H3,(H,21,23)(H,22,24). The molecular weight excluding hydrogens is 332 g/mol. The molecule has 0 saturated heterocycles. The Morgan fingerprint density at radius 3 is 2.38 bits per heavy atom. The minimum Gasteiger partial charge on any atom is -0.497 e. The normalized spacial score (nSPS) is 11.4. The molecule has 0 aliphatic carbocycles. The smallest absolute Gasteiger partial charge is 0.313 e. The van der Waals surface area contributed by atoms with Gasteiger partial charge >= 0.3 is 11.8 Å². The number of carbonyl (C=O) groups is 2. The Balaban J connectivity index is 2.03. The van der Waals surface area contributed by atoms with E-state index >= 15 is 0 Å². The Bertz CT molecular complexity index is 772. The van der Waals surface area contributed by atoms with Crippen LogP contribution in [0.3, 0.4) is 0 Å². The number of amides is 2. The van der Waals surface area contributed by atoms with Crippen LogP contribution in [-0.4, -0.2) is 25.5 Å². The molecule has 2 aromatic carbocycles. The summed E-state index contributed by atoms with van der Waals surface area (Å²) in [5.74, 6) is -0.0738. The summed E-state index contributed by atoms with van der Waals surface area (Å²) in [6.07, 6.45) is 0. The summed E-state index contributed by atoms with van der Waals surface area (Å²) >= 11 is 0. The number of anilines is 1. The molecule has 0 spiro atoms. The molecular formula is C20H24N2O4. The van der Waals surface area contributed by atoms with E-state index in [4.69, 9.17) is 9.47 Å². The fourth-order valence-corrected chi connectivity index (χ4v) is 2.50. The van der Waals surface area contributed by atoms with Crippen molar-refractivity contribution in [2.75, 3.05) is 19.0 Å². The lowest BCUT2D eigenvalue weighted by Crippen LogP contribution is -2.37. The third-order valence-electron chi connectivity index (χ3n) is 3.83. The van der Waals surface area contributed by atoms with E-state index in [0.717, 1.165) is 11.1 Å². The molecule has 1 atom stereocenters. The Morgan fingerprint density at radius 1 is 1.08 bits per heavy atom. The average molecular weight is 356 g/mol. The molecule has 0 bridgehead atoms. The maximum atomic E-state index is 12.2. The number of carbonyl (C=O) groups excluding carboxylic acids is 2. The molecule has 0 heterocycles. The highest BCUT2D eigenvalue weighted by atomic mass is 16.5. The molecule has 6 heteroatoms. The first-order chi connectivity index (χ1) is 12.4. The van der Waals surface area contributed by atoms with Crippen LogP contribution < -0.4 is 20.1 Å². The molecule has 0 aliphatic rings. The van der Waals surface area contributed by atoms with Crippen molar-refractivity contribution in [3.8, 4) is 11.5 Å². The lowest BCUT2D eigenvalue weighted by atomic mass is 10.0. The Morgan fingerprint density at radius 2 is 1.77 bits per heavy atom. The van der Waals surface area contributed by atoms with Crippen LogP contribution in [-0.2, 0) is 9.59 Å². The monoisotopic (exact) mass is 356 g/mol. The largest absolute Gasteiger partial charge is 0.497 e. The second-order valence-corrected chi connectivity index (χ2v) is 5.85. The maximum Gasteiger partial charge on any atom is 0.313 e. The average Bonchev–Trinajstić information content (AvgIpc) is 2.63. The number of benzene rings is 2. The molecule has 0 saturated carbocycles. The number of hydrogen-bond acceptors (Lipinski definition) is 4. The Kier molecular flexibility index (Phi) is 6.60. The van der Waals surface area contributed by atoms with E-state index < -0.39 is 11.8 Å². The van der Waals surface area contributed by atoms with E-state index in [-0.39, 0.29) is 6.04 Å². The van der Waals surface area contributed by atoms with Crippen molar-refractivity contribution < 1.29 is 19.1 Å². The van der Waals surface area contributed by atoms with Gasteiger partial charge in [0.15, 0.2) is 0 Å². The molecule has 2 aromatic rings. The molecule has 0 aromatic heterocycles. The van der Waals surface area contributed by atoms with Gasteiger partial charge in [0, 0.05) is 11.3 Å². The van der Waals surface area contributed by atoms with E-state index in [0.29, 0.717) is 23.8 Å². The van der Waals surface area contributed by atoms with E-state index in [2.05, 4.69) is 10.6 Å². The molecule has 0 fully saturated rings. The summed E-state index contributed by atoms with van der Waals surface area (Å²) in [6.45, 7) is 6.20. The van der Waals surface area contributed by atoms with Gasteiger partial charge in [0.25, 0.3) is 0 Å². The van der Waals surface area contributed by atoms with Crippen molar-refractivity contribution in [2.45, 2.75) is 26.8 Å². The summed E-state index contributed by atoms with van der Waals surface area (Å²) in [4.78, 5) is 24.3. The van der Waals surface area contributed by atoms with E-state index in [1.807, 2.05) is 39.0 Å². The number of aryl methyl sites for hydroxylation is 1. The van der Waals surface area contributed by atoms with E-state index in [1.165, 1.54) is 0 Å². The number of ether oxygens (including phenoxy) is 2. The second kappa shape index (κ2) is 8.89. The zero-order chi connectivity index (χ0) is 19.1. The third kappa shape index (κ3) is 4.99. The van der Waals surface area contributed by atoms with Gasteiger partial charge in [-0.05, 0) is 51.1 Å². The molecule has 2 rings (SSSR count). The first-order valence-electron chi connectivity index (χ1n) is 8.43. The van der Waals surface area contributed by atoms with Crippen LogP contribution >= 0.6 is 0 Å². The van der Waals surface area contributed by atoms with Gasteiger partial charge in [-0.3, -0.25) is 9.59 Å². The molecule has 1 unspecified atom stereocenters. The van der Waals surface area contributed by atoms with E-state index in [1.54, 1.807) is 31.4 Å². The molecule has 6 nitrogen and oxygen atoms in total. The summed E-state index contributed by atoms with van der Waals surface area (Å²) in [7, 11) is 1.56. The minimum atomic E-state index is -0.729. The zero-order valence-electron chi connectivity index (χ0n) is 15.5. The molecule has 26 heavy (non-hydrogen) atoms. The van der Waals surface area contributed by atoms with Crippen LogP contribution in [0.2, 0.25) is 0 Å². The van der Waals surface area contributed by atoms with E-state index in [9.17, 15) is 9.59 Å². The topological polar surface area (TPSA) is 76.7 Å². The predicted octanol–water partition coefficient (Wildman–Crippen LogP) is 3.22. The number of nitrogens with one attached hydrogen (secondary N) is 2. The van der Waals surface area contributed by atoms with Crippen LogP contribution in [0.4, 0.5) is 5.69 Å². The number of methoxy groups -OCH3 is 1. The summed E-state index contributed by atoms with van der Waals surface area (Å²) < 4.78 is 10.7. The molecule has 2 amide bonds.